The van der Waals surface area contributed by atoms with Crippen LogP contribution in [0.2, 0.25) is 0 Å². The second kappa shape index (κ2) is 15.9. The molecule has 280 valence electrons. The molecule has 0 aliphatic carbocycles. The zero-order valence-corrected chi connectivity index (χ0v) is 30.6. The largest absolute Gasteiger partial charge is 0.465 e. The number of nitrogens with zero attached hydrogens (tertiary/aromatic N) is 5. The summed E-state index contributed by atoms with van der Waals surface area (Å²) in [5.74, 6) is 0.905. The van der Waals surface area contributed by atoms with Crippen LogP contribution in [-0.2, 0) is 20.7 Å². The molecule has 2 aromatic carbocycles. The fourth-order valence-corrected chi connectivity index (χ4v) is 7.83. The SMILES string of the molecule is COC(=O)N[C@@H](C)C(=O)N1CCC[C@H]1c1ncc(-c2ccc(-c3ccc(-c4cnc([C@@H]5CCCN5C(=O)[C@H](Cc5cscn5)NC(=O)O)[nH]4)cc3)cc2)[nH]1. The Morgan fingerprint density at radius 1 is 0.815 bits per heavy atom. The van der Waals surface area contributed by atoms with Crippen LogP contribution in [0.15, 0.2) is 71.8 Å². The monoisotopic (exact) mass is 751 g/mol. The van der Waals surface area contributed by atoms with Crippen molar-refractivity contribution < 1.29 is 29.0 Å². The lowest BCUT2D eigenvalue weighted by molar-refractivity contribution is -0.134. The van der Waals surface area contributed by atoms with E-state index in [1.807, 2.05) is 41.8 Å². The number of ether oxygens (including phenoxy) is 1. The number of carbonyl (C=O) groups excluding carboxylic acids is 3. The van der Waals surface area contributed by atoms with Crippen molar-refractivity contribution in [3.63, 3.8) is 0 Å². The number of aromatic amines is 2. The van der Waals surface area contributed by atoms with Crippen molar-refractivity contribution in [1.82, 2.24) is 45.4 Å². The van der Waals surface area contributed by atoms with E-state index in [-0.39, 0.29) is 30.3 Å². The van der Waals surface area contributed by atoms with E-state index in [1.54, 1.807) is 34.6 Å². The average molecular weight is 752 g/mol. The third-order valence-corrected chi connectivity index (χ3v) is 10.6. The zero-order valence-electron chi connectivity index (χ0n) is 29.8. The molecule has 4 atom stereocenters. The smallest absolute Gasteiger partial charge is 0.407 e. The number of rotatable bonds is 11. The van der Waals surface area contributed by atoms with Gasteiger partial charge in [0.25, 0.3) is 0 Å². The van der Waals surface area contributed by atoms with Crippen LogP contribution in [0.25, 0.3) is 33.6 Å². The number of nitrogens with one attached hydrogen (secondary N) is 4. The summed E-state index contributed by atoms with van der Waals surface area (Å²) in [5, 5.41) is 16.2. The van der Waals surface area contributed by atoms with E-state index in [0.29, 0.717) is 30.4 Å². The van der Waals surface area contributed by atoms with Gasteiger partial charge in [-0.2, -0.15) is 0 Å². The molecule has 5 aromatic rings. The molecule has 0 spiro atoms. The van der Waals surface area contributed by atoms with Crippen LogP contribution in [0.1, 0.15) is 62.0 Å². The van der Waals surface area contributed by atoms with Gasteiger partial charge in [0.2, 0.25) is 11.8 Å². The highest BCUT2D eigenvalue weighted by atomic mass is 32.1. The number of hydrogen-bond donors (Lipinski definition) is 5. The molecule has 0 unspecified atom stereocenters. The van der Waals surface area contributed by atoms with Gasteiger partial charge >= 0.3 is 12.2 Å². The summed E-state index contributed by atoms with van der Waals surface area (Å²) in [6.45, 7) is 2.75. The predicted molar refractivity (Wildman–Crippen MR) is 200 cm³/mol. The van der Waals surface area contributed by atoms with Gasteiger partial charge in [-0.1, -0.05) is 48.5 Å². The Labute approximate surface area is 315 Å². The van der Waals surface area contributed by atoms with Gasteiger partial charge in [-0.25, -0.2) is 24.5 Å². The number of carbonyl (C=O) groups is 4. The van der Waals surface area contributed by atoms with Crippen LogP contribution in [-0.4, -0.2) is 96.1 Å². The lowest BCUT2D eigenvalue weighted by atomic mass is 10.0. The lowest BCUT2D eigenvalue weighted by Crippen LogP contribution is -2.49. The molecule has 54 heavy (non-hydrogen) atoms. The van der Waals surface area contributed by atoms with Gasteiger partial charge in [0.1, 0.15) is 23.7 Å². The molecular formula is C38H41N9O6S. The van der Waals surface area contributed by atoms with Crippen LogP contribution in [0.4, 0.5) is 9.59 Å². The standard InChI is InChI=1S/C38H41N9O6S/c1-22(42-38(52)53-2)35(48)46-15-3-5-31(46)33-39-18-29(43-33)25-11-7-23(8-12-25)24-9-13-26(14-10-24)30-19-40-34(44-30)32-6-4-16-47(32)36(49)28(45-37(50)51)17-27-20-54-21-41-27/h7-14,18-22,28,31-32,45H,3-6,15-17H2,1-2H3,(H,39,43)(H,40,44)(H,42,52)(H,50,51)/t22-,28-,31-,32-/m0/s1. The Bertz CT molecular complexity index is 2100. The Morgan fingerprint density at radius 2 is 1.33 bits per heavy atom. The maximum Gasteiger partial charge on any atom is 0.407 e. The number of benzene rings is 2. The first kappa shape index (κ1) is 36.3. The minimum absolute atomic E-state index is 0.180. The summed E-state index contributed by atoms with van der Waals surface area (Å²) in [6, 6.07) is 14.2. The number of alkyl carbamates (subject to hydrolysis) is 1. The highest BCUT2D eigenvalue weighted by molar-refractivity contribution is 7.07. The molecule has 3 aromatic heterocycles. The van der Waals surface area contributed by atoms with Crippen LogP contribution in [0.5, 0.6) is 0 Å². The Morgan fingerprint density at radius 3 is 1.81 bits per heavy atom. The first-order valence-electron chi connectivity index (χ1n) is 17.8. The van der Waals surface area contributed by atoms with E-state index in [2.05, 4.69) is 52.4 Å². The van der Waals surface area contributed by atoms with Crippen molar-refractivity contribution in [3.8, 4) is 33.6 Å². The van der Waals surface area contributed by atoms with Crippen molar-refractivity contribution in [2.45, 2.75) is 63.2 Å². The minimum atomic E-state index is -1.25. The lowest BCUT2D eigenvalue weighted by Gasteiger charge is -2.27. The molecule has 4 amide bonds. The molecule has 0 bridgehead atoms. The van der Waals surface area contributed by atoms with Crippen molar-refractivity contribution in [3.05, 3.63) is 89.2 Å². The predicted octanol–water partition coefficient (Wildman–Crippen LogP) is 5.54. The van der Waals surface area contributed by atoms with Crippen LogP contribution >= 0.6 is 11.3 Å². The number of amides is 4. The Hall–Kier alpha value is -6.03. The molecule has 5 heterocycles. The number of likely N-dealkylation sites (tertiary alicyclic amines) is 2. The summed E-state index contributed by atoms with van der Waals surface area (Å²) in [4.78, 5) is 73.6. The normalized spacial score (nSPS) is 18.0. The molecule has 2 aliphatic rings. The van der Waals surface area contributed by atoms with Gasteiger partial charge < -0.3 is 40.2 Å². The third-order valence-electron chi connectivity index (χ3n) is 10.0. The first-order valence-corrected chi connectivity index (χ1v) is 18.8. The topological polar surface area (TPSA) is 199 Å². The van der Waals surface area contributed by atoms with E-state index in [1.165, 1.54) is 18.4 Å². The molecule has 7 rings (SSSR count). The molecular weight excluding hydrogens is 711 g/mol. The number of H-pyrrole nitrogens is 2. The second-order valence-electron chi connectivity index (χ2n) is 13.4. The summed E-state index contributed by atoms with van der Waals surface area (Å²) in [7, 11) is 1.27. The van der Waals surface area contributed by atoms with Crippen molar-refractivity contribution in [2.75, 3.05) is 20.2 Å². The molecule has 16 heteroatoms. The first-order chi connectivity index (χ1) is 26.2. The van der Waals surface area contributed by atoms with E-state index >= 15 is 0 Å². The van der Waals surface area contributed by atoms with Gasteiger partial charge in [0.05, 0.1) is 54.2 Å². The Kier molecular flexibility index (Phi) is 10.7. The molecule has 2 saturated heterocycles. The maximum absolute atomic E-state index is 13.6. The van der Waals surface area contributed by atoms with E-state index in [0.717, 1.165) is 59.3 Å². The number of thiazole rings is 1. The van der Waals surface area contributed by atoms with E-state index < -0.39 is 24.3 Å². The van der Waals surface area contributed by atoms with Crippen molar-refractivity contribution in [2.24, 2.45) is 0 Å². The summed E-state index contributed by atoms with van der Waals surface area (Å²) in [5.41, 5.74) is 7.98. The number of imidazole rings is 2. The molecule has 0 saturated carbocycles. The Balaban J connectivity index is 0.994. The number of carboxylic acid groups (broad SMARTS) is 1. The average Bonchev–Trinajstić information content (AvgIpc) is 4.03. The van der Waals surface area contributed by atoms with Crippen molar-refractivity contribution in [1.29, 1.82) is 0 Å². The fraction of sp³-hybridized carbons (Fsp3) is 0.342. The van der Waals surface area contributed by atoms with Gasteiger partial charge in [-0.3, -0.25) is 9.59 Å². The highest BCUT2D eigenvalue weighted by Gasteiger charge is 2.37. The summed E-state index contributed by atoms with van der Waals surface area (Å²) < 4.78 is 4.64. The number of hydrogen-bond acceptors (Lipinski definition) is 9. The molecule has 15 nitrogen and oxygen atoms in total. The highest BCUT2D eigenvalue weighted by Crippen LogP contribution is 2.34. The van der Waals surface area contributed by atoms with Gasteiger partial charge in [-0.05, 0) is 54.9 Å². The van der Waals surface area contributed by atoms with Crippen LogP contribution in [0, 0.1) is 0 Å². The molecule has 0 radical (unpaired) electrons. The summed E-state index contributed by atoms with van der Waals surface area (Å²) in [6.07, 6.45) is 4.96. The van der Waals surface area contributed by atoms with Gasteiger partial charge in [0, 0.05) is 24.9 Å². The van der Waals surface area contributed by atoms with E-state index in [9.17, 15) is 24.3 Å². The number of aromatic nitrogens is 5. The van der Waals surface area contributed by atoms with Crippen LogP contribution < -0.4 is 10.6 Å². The van der Waals surface area contributed by atoms with Crippen LogP contribution in [0.3, 0.4) is 0 Å². The molecule has 2 aliphatic heterocycles. The van der Waals surface area contributed by atoms with Gasteiger partial charge in [-0.15, -0.1) is 11.3 Å². The van der Waals surface area contributed by atoms with Crippen molar-refractivity contribution >= 4 is 35.3 Å². The molecule has 5 N–H and O–H groups in total. The second-order valence-corrected chi connectivity index (χ2v) is 14.2. The number of methoxy groups -OCH3 is 1. The maximum atomic E-state index is 13.6. The molecule has 2 fully saturated rings. The quantitative estimate of drug-likeness (QED) is 0.115. The van der Waals surface area contributed by atoms with Gasteiger partial charge in [0.15, 0.2) is 0 Å². The minimum Gasteiger partial charge on any atom is -0.465 e. The fourth-order valence-electron chi connectivity index (χ4n) is 7.26. The third kappa shape index (κ3) is 7.83. The van der Waals surface area contributed by atoms with E-state index in [4.69, 9.17) is 0 Å². The summed E-state index contributed by atoms with van der Waals surface area (Å²) >= 11 is 1.40. The zero-order chi connectivity index (χ0) is 37.8.